The van der Waals surface area contributed by atoms with Gasteiger partial charge in [-0.05, 0) is 32.0 Å². The fourth-order valence-electron chi connectivity index (χ4n) is 2.74. The molecule has 1 aliphatic rings. The minimum atomic E-state index is -0.667. The zero-order valence-electron chi connectivity index (χ0n) is 14.1. The van der Waals surface area contributed by atoms with Crippen molar-refractivity contribution in [2.24, 2.45) is 5.16 Å². The standard InChI is InChI=1S/C17H16ClN5O2S/c1-9(2)23-16-10(7-20-23)5-11(8-19-16)21-17(24)13-6-12(22-25-13)14-3-4-15(18)26-14/h3-5,7-9,13H,6H2,1-2H3,(H,21,24). The number of hydrogen-bond acceptors (Lipinski definition) is 6. The van der Waals surface area contributed by atoms with Crippen LogP contribution in [0.4, 0.5) is 5.69 Å². The molecule has 1 aliphatic heterocycles. The molecule has 4 heterocycles. The summed E-state index contributed by atoms with van der Waals surface area (Å²) in [6.45, 7) is 4.08. The Morgan fingerprint density at radius 3 is 3.00 bits per heavy atom. The van der Waals surface area contributed by atoms with E-state index in [1.807, 2.05) is 30.7 Å². The Hall–Kier alpha value is -2.45. The number of hydrogen-bond donors (Lipinski definition) is 1. The van der Waals surface area contributed by atoms with Gasteiger partial charge in [0, 0.05) is 17.8 Å². The van der Waals surface area contributed by atoms with Crippen LogP contribution in [0.15, 0.2) is 35.7 Å². The predicted molar refractivity (Wildman–Crippen MR) is 102 cm³/mol. The molecule has 3 aromatic rings. The third-order valence-electron chi connectivity index (χ3n) is 4.01. The molecule has 0 saturated heterocycles. The van der Waals surface area contributed by atoms with Gasteiger partial charge in [-0.15, -0.1) is 11.3 Å². The number of fused-ring (bicyclic) bond motifs is 1. The first-order chi connectivity index (χ1) is 12.5. The van der Waals surface area contributed by atoms with Crippen molar-refractivity contribution >= 4 is 51.3 Å². The molecular weight excluding hydrogens is 374 g/mol. The fourth-order valence-corrected chi connectivity index (χ4v) is 3.78. The van der Waals surface area contributed by atoms with Gasteiger partial charge in [-0.2, -0.15) is 5.10 Å². The normalized spacial score (nSPS) is 16.8. The molecule has 26 heavy (non-hydrogen) atoms. The van der Waals surface area contributed by atoms with Crippen molar-refractivity contribution < 1.29 is 9.63 Å². The number of oxime groups is 1. The van der Waals surface area contributed by atoms with Crippen LogP contribution in [0.25, 0.3) is 11.0 Å². The highest BCUT2D eigenvalue weighted by Gasteiger charge is 2.29. The number of halogens is 1. The number of nitrogens with one attached hydrogen (secondary N) is 1. The maximum Gasteiger partial charge on any atom is 0.268 e. The van der Waals surface area contributed by atoms with E-state index < -0.39 is 6.10 Å². The molecular formula is C17H16ClN5O2S. The van der Waals surface area contributed by atoms with Crippen molar-refractivity contribution in [2.45, 2.75) is 32.4 Å². The van der Waals surface area contributed by atoms with Crippen LogP contribution in [-0.4, -0.2) is 32.5 Å². The highest BCUT2D eigenvalue weighted by Crippen LogP contribution is 2.27. The molecule has 0 fully saturated rings. The molecule has 0 bridgehead atoms. The second-order valence-electron chi connectivity index (χ2n) is 6.25. The third kappa shape index (κ3) is 3.17. The van der Waals surface area contributed by atoms with Crippen molar-refractivity contribution in [2.75, 3.05) is 5.32 Å². The first-order valence-electron chi connectivity index (χ1n) is 8.14. The fraction of sp³-hybridized carbons (Fsp3) is 0.294. The lowest BCUT2D eigenvalue weighted by Crippen LogP contribution is -2.28. The number of anilines is 1. The Bertz CT molecular complexity index is 1010. The van der Waals surface area contributed by atoms with Crippen LogP contribution in [0, 0.1) is 0 Å². The molecule has 7 nitrogen and oxygen atoms in total. The summed E-state index contributed by atoms with van der Waals surface area (Å²) >= 11 is 7.36. The summed E-state index contributed by atoms with van der Waals surface area (Å²) < 4.78 is 2.52. The summed E-state index contributed by atoms with van der Waals surface area (Å²) in [5.74, 6) is -0.260. The average molecular weight is 390 g/mol. The number of rotatable bonds is 4. The Morgan fingerprint density at radius 2 is 2.27 bits per heavy atom. The van der Waals surface area contributed by atoms with Gasteiger partial charge in [-0.3, -0.25) is 4.79 Å². The van der Waals surface area contributed by atoms with Gasteiger partial charge in [0.15, 0.2) is 5.65 Å². The van der Waals surface area contributed by atoms with E-state index in [1.54, 1.807) is 18.5 Å². The summed E-state index contributed by atoms with van der Waals surface area (Å²) in [6, 6.07) is 5.74. The van der Waals surface area contributed by atoms with E-state index in [-0.39, 0.29) is 11.9 Å². The monoisotopic (exact) mass is 389 g/mol. The summed E-state index contributed by atoms with van der Waals surface area (Å²) in [6.07, 6.45) is 3.10. The topological polar surface area (TPSA) is 81.4 Å². The van der Waals surface area contributed by atoms with E-state index in [9.17, 15) is 4.79 Å². The van der Waals surface area contributed by atoms with Gasteiger partial charge >= 0.3 is 0 Å². The van der Waals surface area contributed by atoms with Gasteiger partial charge in [-0.25, -0.2) is 9.67 Å². The third-order valence-corrected chi connectivity index (χ3v) is 5.29. The SMILES string of the molecule is CC(C)n1ncc2cc(NC(=O)C3CC(c4ccc(Cl)s4)=NO3)cnc21. The Kier molecular flexibility index (Phi) is 4.37. The minimum absolute atomic E-state index is 0.216. The number of nitrogens with zero attached hydrogens (tertiary/aromatic N) is 4. The first-order valence-corrected chi connectivity index (χ1v) is 9.33. The molecule has 134 valence electrons. The zero-order valence-corrected chi connectivity index (χ0v) is 15.7. The molecule has 0 radical (unpaired) electrons. The lowest BCUT2D eigenvalue weighted by atomic mass is 10.1. The van der Waals surface area contributed by atoms with Crippen LogP contribution in [0.2, 0.25) is 4.34 Å². The Labute approximate surface area is 158 Å². The summed E-state index contributed by atoms with van der Waals surface area (Å²) in [7, 11) is 0. The van der Waals surface area contributed by atoms with Crippen LogP contribution in [0.5, 0.6) is 0 Å². The molecule has 0 saturated carbocycles. The Morgan fingerprint density at radius 1 is 1.42 bits per heavy atom. The maximum atomic E-state index is 12.5. The molecule has 4 rings (SSSR count). The van der Waals surface area contributed by atoms with Crippen molar-refractivity contribution in [1.29, 1.82) is 0 Å². The summed E-state index contributed by atoms with van der Waals surface area (Å²) in [5, 5.41) is 12.0. The summed E-state index contributed by atoms with van der Waals surface area (Å²) in [5.41, 5.74) is 2.12. The highest BCUT2D eigenvalue weighted by atomic mass is 35.5. The van der Waals surface area contributed by atoms with Gasteiger partial charge in [0.25, 0.3) is 5.91 Å². The number of amides is 1. The molecule has 0 spiro atoms. The maximum absolute atomic E-state index is 12.5. The predicted octanol–water partition coefficient (Wildman–Crippen LogP) is 3.86. The van der Waals surface area contributed by atoms with Gasteiger partial charge in [0.05, 0.1) is 27.3 Å². The van der Waals surface area contributed by atoms with Crippen LogP contribution in [0.1, 0.15) is 31.2 Å². The second kappa shape index (κ2) is 6.69. The van der Waals surface area contributed by atoms with E-state index in [0.717, 1.165) is 21.6 Å². The largest absolute Gasteiger partial charge is 0.382 e. The zero-order chi connectivity index (χ0) is 18.3. The number of carbonyl (C=O) groups excluding carboxylic acids is 1. The van der Waals surface area contributed by atoms with Crippen molar-refractivity contribution in [1.82, 2.24) is 14.8 Å². The molecule has 3 aromatic heterocycles. The van der Waals surface area contributed by atoms with Gasteiger partial charge < -0.3 is 10.2 Å². The molecule has 0 aliphatic carbocycles. The quantitative estimate of drug-likeness (QED) is 0.734. The molecule has 1 amide bonds. The number of carbonyl (C=O) groups is 1. The van der Waals surface area contributed by atoms with Gasteiger partial charge in [0.1, 0.15) is 5.71 Å². The number of thiophene rings is 1. The number of pyridine rings is 1. The van der Waals surface area contributed by atoms with E-state index in [4.69, 9.17) is 16.4 Å². The summed E-state index contributed by atoms with van der Waals surface area (Å²) in [4.78, 5) is 23.1. The average Bonchev–Trinajstić information content (AvgIpc) is 3.32. The van der Waals surface area contributed by atoms with Crippen LogP contribution in [0.3, 0.4) is 0 Å². The first kappa shape index (κ1) is 17.0. The highest BCUT2D eigenvalue weighted by molar-refractivity contribution is 7.18. The lowest BCUT2D eigenvalue weighted by molar-refractivity contribution is -0.125. The van der Waals surface area contributed by atoms with E-state index in [2.05, 4.69) is 20.6 Å². The smallest absolute Gasteiger partial charge is 0.268 e. The van der Waals surface area contributed by atoms with Crippen LogP contribution < -0.4 is 5.32 Å². The van der Waals surface area contributed by atoms with Gasteiger partial charge in [-0.1, -0.05) is 16.8 Å². The second-order valence-corrected chi connectivity index (χ2v) is 7.96. The number of aromatic nitrogens is 3. The molecule has 1 N–H and O–H groups in total. The van der Waals surface area contributed by atoms with Crippen molar-refractivity contribution in [3.8, 4) is 0 Å². The Balaban J connectivity index is 1.45. The van der Waals surface area contributed by atoms with E-state index >= 15 is 0 Å². The molecule has 1 atom stereocenters. The van der Waals surface area contributed by atoms with E-state index in [0.29, 0.717) is 16.4 Å². The van der Waals surface area contributed by atoms with Gasteiger partial charge in [0.2, 0.25) is 6.10 Å². The lowest BCUT2D eigenvalue weighted by Gasteiger charge is -2.10. The molecule has 0 aromatic carbocycles. The molecule has 9 heteroatoms. The van der Waals surface area contributed by atoms with Crippen LogP contribution in [-0.2, 0) is 9.63 Å². The minimum Gasteiger partial charge on any atom is -0.382 e. The van der Waals surface area contributed by atoms with Crippen molar-refractivity contribution in [3.05, 3.63) is 39.8 Å². The van der Waals surface area contributed by atoms with Crippen LogP contribution >= 0.6 is 22.9 Å². The van der Waals surface area contributed by atoms with Crippen molar-refractivity contribution in [3.63, 3.8) is 0 Å². The molecule has 1 unspecified atom stereocenters. The van der Waals surface area contributed by atoms with E-state index in [1.165, 1.54) is 11.3 Å².